The molecule has 2 aromatic carbocycles. The Hall–Kier alpha value is -2.28. The molecule has 152 valence electrons. The van der Waals surface area contributed by atoms with E-state index in [2.05, 4.69) is 66.7 Å². The van der Waals surface area contributed by atoms with Gasteiger partial charge in [0.15, 0.2) is 0 Å². The molecule has 0 saturated heterocycles. The van der Waals surface area contributed by atoms with Crippen LogP contribution in [0.15, 0.2) is 71.1 Å². The first kappa shape index (κ1) is 21.4. The van der Waals surface area contributed by atoms with Crippen molar-refractivity contribution in [2.45, 2.75) is 38.5 Å². The summed E-state index contributed by atoms with van der Waals surface area (Å²) < 4.78 is 40.4. The maximum Gasteiger partial charge on any atom is 0.360 e. The van der Waals surface area contributed by atoms with E-state index in [0.29, 0.717) is 0 Å². The topological polar surface area (TPSA) is 104 Å². The van der Waals surface area contributed by atoms with Gasteiger partial charge < -0.3 is 0 Å². The normalized spacial score (nSPS) is 14.1. The molecule has 6 heteroatoms. The zero-order valence-electron chi connectivity index (χ0n) is 16.0. The van der Waals surface area contributed by atoms with E-state index >= 15 is 0 Å². The quantitative estimate of drug-likeness (QED) is 0.595. The Kier molecular flexibility index (Phi) is 7.36. The minimum atomic E-state index is -4.94. The SMILES string of the molecule is [O-][Cl+3]([O-])([O-])[O-].c1ccc(-c2cc(-c3ccccc3)c3c([o+]2)CCCCCC3)cc1. The molecule has 29 heavy (non-hydrogen) atoms. The van der Waals surface area contributed by atoms with Crippen LogP contribution in [-0.4, -0.2) is 0 Å². The molecule has 0 bridgehead atoms. The van der Waals surface area contributed by atoms with Gasteiger partial charge in [-0.2, -0.15) is 0 Å². The molecule has 0 fully saturated rings. The van der Waals surface area contributed by atoms with E-state index < -0.39 is 10.2 Å². The molecule has 5 nitrogen and oxygen atoms in total. The largest absolute Gasteiger partial charge is 0.360 e. The molecule has 0 atom stereocenters. The second-order valence-electron chi connectivity index (χ2n) is 6.95. The molecule has 0 unspecified atom stereocenters. The molecule has 1 heterocycles. The maximum absolute atomic E-state index is 8.49. The average molecular weight is 415 g/mol. The molecular formula is C23H23ClO5. The van der Waals surface area contributed by atoms with Gasteiger partial charge >= 0.3 is 11.5 Å². The molecule has 0 amide bonds. The third kappa shape index (κ3) is 6.63. The lowest BCUT2D eigenvalue weighted by atomic mass is 9.90. The van der Waals surface area contributed by atoms with Gasteiger partial charge in [0.1, 0.15) is 0 Å². The van der Waals surface area contributed by atoms with E-state index in [0.717, 1.165) is 24.2 Å². The summed E-state index contributed by atoms with van der Waals surface area (Å²) in [4.78, 5) is 0. The van der Waals surface area contributed by atoms with Crippen LogP contribution in [0, 0.1) is 10.2 Å². The molecule has 1 aliphatic rings. The van der Waals surface area contributed by atoms with Crippen LogP contribution >= 0.6 is 0 Å². The predicted octanol–water partition coefficient (Wildman–Crippen LogP) is 1.80. The lowest BCUT2D eigenvalue weighted by molar-refractivity contribution is -2.00. The lowest BCUT2D eigenvalue weighted by Crippen LogP contribution is -2.68. The molecule has 0 radical (unpaired) electrons. The number of aryl methyl sites for hydroxylation is 1. The van der Waals surface area contributed by atoms with Gasteiger partial charge in [0, 0.05) is 5.56 Å². The van der Waals surface area contributed by atoms with Crippen molar-refractivity contribution in [2.24, 2.45) is 0 Å². The number of hydrogen-bond acceptors (Lipinski definition) is 4. The first-order valence-corrected chi connectivity index (χ1v) is 10.9. The van der Waals surface area contributed by atoms with Gasteiger partial charge in [0.05, 0.1) is 23.6 Å². The zero-order chi connectivity index (χ0) is 20.7. The van der Waals surface area contributed by atoms with E-state index in [4.69, 9.17) is 23.1 Å². The van der Waals surface area contributed by atoms with Gasteiger partial charge in [-0.15, -0.1) is 10.2 Å². The Labute approximate surface area is 172 Å². The highest BCUT2D eigenvalue weighted by atomic mass is 35.7. The van der Waals surface area contributed by atoms with Gasteiger partial charge in [0.25, 0.3) is 0 Å². The minimum Gasteiger partial charge on any atom is -0.222 e. The van der Waals surface area contributed by atoms with Crippen LogP contribution in [0.1, 0.15) is 37.0 Å². The van der Waals surface area contributed by atoms with Crippen LogP contribution in [-0.2, 0) is 12.8 Å². The fourth-order valence-corrected chi connectivity index (χ4v) is 3.63. The molecule has 1 aliphatic carbocycles. The number of benzene rings is 2. The van der Waals surface area contributed by atoms with Crippen molar-refractivity contribution in [1.29, 1.82) is 0 Å². The summed E-state index contributed by atoms with van der Waals surface area (Å²) >= 11 is 0. The van der Waals surface area contributed by atoms with Crippen LogP contribution in [0.3, 0.4) is 0 Å². The Morgan fingerprint density at radius 2 is 1.17 bits per heavy atom. The summed E-state index contributed by atoms with van der Waals surface area (Å²) in [5.41, 5.74) is 5.21. The van der Waals surface area contributed by atoms with Gasteiger partial charge in [-0.05, 0) is 37.0 Å². The Morgan fingerprint density at radius 3 is 1.76 bits per heavy atom. The van der Waals surface area contributed by atoms with Crippen LogP contribution in [0.2, 0.25) is 0 Å². The Balaban J connectivity index is 0.000000431. The first-order valence-electron chi connectivity index (χ1n) is 9.63. The van der Waals surface area contributed by atoms with E-state index in [1.54, 1.807) is 0 Å². The van der Waals surface area contributed by atoms with E-state index in [1.807, 2.05) is 0 Å². The van der Waals surface area contributed by atoms with Crippen molar-refractivity contribution < 1.29 is 33.3 Å². The van der Waals surface area contributed by atoms with Crippen LogP contribution in [0.25, 0.3) is 22.5 Å². The zero-order valence-corrected chi connectivity index (χ0v) is 16.8. The number of halogens is 1. The smallest absolute Gasteiger partial charge is 0.222 e. The van der Waals surface area contributed by atoms with E-state index in [-0.39, 0.29) is 0 Å². The van der Waals surface area contributed by atoms with Crippen LogP contribution < -0.4 is 18.6 Å². The third-order valence-electron chi connectivity index (χ3n) is 4.89. The second-order valence-corrected chi connectivity index (χ2v) is 7.71. The second kappa shape index (κ2) is 9.96. The van der Waals surface area contributed by atoms with Crippen molar-refractivity contribution in [2.75, 3.05) is 0 Å². The number of rotatable bonds is 2. The summed E-state index contributed by atoms with van der Waals surface area (Å²) in [5.74, 6) is 2.17. The van der Waals surface area contributed by atoms with Gasteiger partial charge in [-0.1, -0.05) is 61.4 Å². The summed E-state index contributed by atoms with van der Waals surface area (Å²) in [6, 6.07) is 23.4. The minimum absolute atomic E-state index is 0.980. The van der Waals surface area contributed by atoms with E-state index in [9.17, 15) is 0 Å². The van der Waals surface area contributed by atoms with Crippen molar-refractivity contribution in [3.63, 3.8) is 0 Å². The molecular weight excluding hydrogens is 392 g/mol. The number of fused-ring (bicyclic) bond motifs is 1. The molecule has 0 spiro atoms. The van der Waals surface area contributed by atoms with Gasteiger partial charge in [-0.3, -0.25) is 0 Å². The van der Waals surface area contributed by atoms with Crippen LogP contribution in [0.4, 0.5) is 0 Å². The third-order valence-corrected chi connectivity index (χ3v) is 4.89. The molecule has 0 saturated carbocycles. The average Bonchev–Trinajstić information content (AvgIpc) is 2.68. The summed E-state index contributed by atoms with van der Waals surface area (Å²) in [5, 5.41) is 0. The molecule has 0 N–H and O–H groups in total. The standard InChI is InChI=1S/C23H23O.ClHO4/c1-2-10-16-22-20(15-9-1)21(18-11-5-3-6-12-18)17-23(24-22)19-13-7-4-8-14-19;2-1(3,4)5/h3-8,11-14,17H,1-2,9-10,15-16H2;(H,2,3,4,5)/q+1;/p-1. The molecule has 1 aromatic heterocycles. The number of hydrogen-bond donors (Lipinski definition) is 0. The highest BCUT2D eigenvalue weighted by Crippen LogP contribution is 2.35. The fourth-order valence-electron chi connectivity index (χ4n) is 3.63. The molecule has 4 rings (SSSR count). The Bertz CT molecular complexity index is 902. The Morgan fingerprint density at radius 1 is 0.655 bits per heavy atom. The van der Waals surface area contributed by atoms with Gasteiger partial charge in [0.2, 0.25) is 0 Å². The summed E-state index contributed by atoms with van der Waals surface area (Å²) in [7, 11) is -4.94. The lowest BCUT2D eigenvalue weighted by Gasteiger charge is -2.17. The van der Waals surface area contributed by atoms with Crippen molar-refractivity contribution in [3.8, 4) is 22.5 Å². The summed E-state index contributed by atoms with van der Waals surface area (Å²) in [6.07, 6.45) is 7.29. The van der Waals surface area contributed by atoms with Crippen molar-refractivity contribution >= 4 is 0 Å². The fraction of sp³-hybridized carbons (Fsp3) is 0.261. The highest BCUT2D eigenvalue weighted by molar-refractivity contribution is 5.73. The first-order chi connectivity index (χ1) is 13.9. The van der Waals surface area contributed by atoms with E-state index in [1.165, 1.54) is 48.1 Å². The highest BCUT2D eigenvalue weighted by Gasteiger charge is 2.26. The molecule has 3 aromatic rings. The molecule has 0 aliphatic heterocycles. The maximum atomic E-state index is 8.49. The van der Waals surface area contributed by atoms with Gasteiger partial charge in [-0.25, -0.2) is 23.1 Å². The van der Waals surface area contributed by atoms with Crippen molar-refractivity contribution in [1.82, 2.24) is 0 Å². The predicted molar refractivity (Wildman–Crippen MR) is 99.9 cm³/mol. The monoisotopic (exact) mass is 414 g/mol. The van der Waals surface area contributed by atoms with Crippen LogP contribution in [0.5, 0.6) is 0 Å². The summed E-state index contributed by atoms with van der Waals surface area (Å²) in [6.45, 7) is 0. The van der Waals surface area contributed by atoms with Crippen molar-refractivity contribution in [3.05, 3.63) is 78.1 Å².